The number of likely N-dealkylation sites (N-methyl/N-ethyl adjacent to an activating group) is 1. The normalized spacial score (nSPS) is 23.6. The lowest BCUT2D eigenvalue weighted by molar-refractivity contribution is 0.187. The molecule has 2 aromatic carbocycles. The standard InChI is InChI=1S/C29H33ClFN7O/c1-36-15-20(31)14-22(36)18-39-29-34-25-17-37(26-7-3-5-19-4-2-6-24(30)27(19)26)12-9-23(25)28(35-29)38-13-11-33-21(16-38)8-10-32/h2-7,20-22,33H,8-9,11-18H2,1H3/t20-,21+,22-/m1/s1. The Morgan fingerprint density at radius 1 is 1.15 bits per heavy atom. The molecule has 3 aliphatic heterocycles. The quantitative estimate of drug-likeness (QED) is 0.495. The Labute approximate surface area is 233 Å². The van der Waals surface area contributed by atoms with Crippen molar-refractivity contribution in [3.8, 4) is 12.1 Å². The van der Waals surface area contributed by atoms with Crippen molar-refractivity contribution in [2.24, 2.45) is 0 Å². The van der Waals surface area contributed by atoms with Gasteiger partial charge in [-0.3, -0.25) is 4.90 Å². The SMILES string of the molecule is CN1C[C@H](F)C[C@@H]1COc1nc2c(c(N3CCN[C@@H](CC#N)C3)n1)CCN(c1cccc3cccc(Cl)c13)C2. The second-order valence-corrected chi connectivity index (χ2v) is 11.1. The van der Waals surface area contributed by atoms with Crippen molar-refractivity contribution in [2.45, 2.75) is 44.1 Å². The number of nitrogens with zero attached hydrogens (tertiary/aromatic N) is 6. The number of halogens is 2. The Kier molecular flexibility index (Phi) is 7.43. The number of nitriles is 1. The summed E-state index contributed by atoms with van der Waals surface area (Å²) in [6, 6.07) is 15.0. The zero-order chi connectivity index (χ0) is 26.9. The van der Waals surface area contributed by atoms with Gasteiger partial charge in [0.05, 0.1) is 29.8 Å². The van der Waals surface area contributed by atoms with Gasteiger partial charge in [0.25, 0.3) is 0 Å². The van der Waals surface area contributed by atoms with E-state index in [-0.39, 0.29) is 12.1 Å². The molecule has 10 heteroatoms. The van der Waals surface area contributed by atoms with Crippen LogP contribution in [0.25, 0.3) is 10.8 Å². The molecule has 0 bridgehead atoms. The van der Waals surface area contributed by atoms with Gasteiger partial charge in [-0.15, -0.1) is 0 Å². The fourth-order valence-electron chi connectivity index (χ4n) is 6.10. The van der Waals surface area contributed by atoms with Crippen LogP contribution >= 0.6 is 11.6 Å². The minimum atomic E-state index is -0.831. The summed E-state index contributed by atoms with van der Waals surface area (Å²) in [7, 11) is 1.93. The van der Waals surface area contributed by atoms with Crippen LogP contribution in [0.2, 0.25) is 5.02 Å². The van der Waals surface area contributed by atoms with E-state index >= 15 is 0 Å². The highest BCUT2D eigenvalue weighted by Crippen LogP contribution is 2.37. The first-order valence-electron chi connectivity index (χ1n) is 13.6. The third kappa shape index (κ3) is 5.33. The molecule has 0 aliphatic carbocycles. The highest BCUT2D eigenvalue weighted by molar-refractivity contribution is 6.36. The van der Waals surface area contributed by atoms with Gasteiger partial charge < -0.3 is 19.9 Å². The number of fused-ring (bicyclic) bond motifs is 2. The predicted octanol–water partition coefficient (Wildman–Crippen LogP) is 3.96. The molecule has 0 spiro atoms. The molecular formula is C29H33ClFN7O. The number of rotatable bonds is 6. The van der Waals surface area contributed by atoms with Crippen LogP contribution in [0.3, 0.4) is 0 Å². The molecule has 6 rings (SSSR count). The molecule has 204 valence electrons. The van der Waals surface area contributed by atoms with Crippen LogP contribution in [-0.4, -0.2) is 79.5 Å². The molecule has 2 saturated heterocycles. The van der Waals surface area contributed by atoms with Gasteiger partial charge in [-0.05, 0) is 37.4 Å². The van der Waals surface area contributed by atoms with Crippen LogP contribution in [-0.2, 0) is 13.0 Å². The molecule has 0 radical (unpaired) electrons. The molecule has 2 fully saturated rings. The number of piperazine rings is 1. The number of aromatic nitrogens is 2. The minimum Gasteiger partial charge on any atom is -0.462 e. The molecule has 3 atom stereocenters. The largest absolute Gasteiger partial charge is 0.462 e. The first-order chi connectivity index (χ1) is 19.0. The predicted molar refractivity (Wildman–Crippen MR) is 151 cm³/mol. The fourth-order valence-corrected chi connectivity index (χ4v) is 6.38. The summed E-state index contributed by atoms with van der Waals surface area (Å²) >= 11 is 6.66. The summed E-state index contributed by atoms with van der Waals surface area (Å²) in [5.74, 6) is 0.887. The van der Waals surface area contributed by atoms with E-state index in [0.717, 1.165) is 64.6 Å². The van der Waals surface area contributed by atoms with E-state index in [0.29, 0.717) is 45.1 Å². The minimum absolute atomic E-state index is 0.00315. The van der Waals surface area contributed by atoms with Crippen LogP contribution < -0.4 is 19.9 Å². The third-order valence-electron chi connectivity index (χ3n) is 8.13. The Morgan fingerprint density at radius 3 is 2.79 bits per heavy atom. The zero-order valence-electron chi connectivity index (χ0n) is 22.1. The van der Waals surface area contributed by atoms with Crippen molar-refractivity contribution in [2.75, 3.05) is 56.2 Å². The molecular weight excluding hydrogens is 517 g/mol. The van der Waals surface area contributed by atoms with Crippen LogP contribution in [0.15, 0.2) is 36.4 Å². The van der Waals surface area contributed by atoms with Gasteiger partial charge in [-0.1, -0.05) is 35.9 Å². The van der Waals surface area contributed by atoms with Gasteiger partial charge in [0.15, 0.2) is 0 Å². The van der Waals surface area contributed by atoms with Crippen molar-refractivity contribution < 1.29 is 9.13 Å². The molecule has 1 N–H and O–H groups in total. The number of nitrogens with one attached hydrogen (secondary N) is 1. The number of hydrogen-bond donors (Lipinski definition) is 1. The maximum atomic E-state index is 13.9. The highest BCUT2D eigenvalue weighted by Gasteiger charge is 2.32. The molecule has 39 heavy (non-hydrogen) atoms. The molecule has 3 aromatic rings. The third-order valence-corrected chi connectivity index (χ3v) is 8.45. The Bertz CT molecular complexity index is 1390. The Balaban J connectivity index is 1.33. The van der Waals surface area contributed by atoms with Crippen LogP contribution in [0.5, 0.6) is 6.01 Å². The zero-order valence-corrected chi connectivity index (χ0v) is 22.9. The van der Waals surface area contributed by atoms with E-state index in [1.54, 1.807) is 0 Å². The van der Waals surface area contributed by atoms with E-state index in [2.05, 4.69) is 45.5 Å². The van der Waals surface area contributed by atoms with Crippen molar-refractivity contribution in [1.82, 2.24) is 20.2 Å². The summed E-state index contributed by atoms with van der Waals surface area (Å²) in [5, 5.41) is 15.6. The van der Waals surface area contributed by atoms with Gasteiger partial charge in [-0.25, -0.2) is 4.39 Å². The maximum absolute atomic E-state index is 13.9. The van der Waals surface area contributed by atoms with Crippen molar-refractivity contribution >= 4 is 33.9 Å². The molecule has 4 heterocycles. The number of hydrogen-bond acceptors (Lipinski definition) is 8. The van der Waals surface area contributed by atoms with Gasteiger partial charge in [-0.2, -0.15) is 15.2 Å². The number of anilines is 2. The first kappa shape index (κ1) is 26.1. The summed E-state index contributed by atoms with van der Waals surface area (Å²) in [4.78, 5) is 16.4. The second-order valence-electron chi connectivity index (χ2n) is 10.7. The average molecular weight is 550 g/mol. The number of benzene rings is 2. The van der Waals surface area contributed by atoms with Gasteiger partial charge >= 0.3 is 6.01 Å². The fraction of sp³-hybridized carbons (Fsp3) is 0.483. The van der Waals surface area contributed by atoms with E-state index in [4.69, 9.17) is 26.3 Å². The number of ether oxygens (including phenoxy) is 1. The van der Waals surface area contributed by atoms with Crippen LogP contribution in [0.1, 0.15) is 24.1 Å². The molecule has 1 aromatic heterocycles. The maximum Gasteiger partial charge on any atom is 0.318 e. The summed E-state index contributed by atoms with van der Waals surface area (Å²) < 4.78 is 20.1. The van der Waals surface area contributed by atoms with Crippen molar-refractivity contribution in [3.63, 3.8) is 0 Å². The molecule has 0 saturated carbocycles. The van der Waals surface area contributed by atoms with E-state index < -0.39 is 6.17 Å². The second kappa shape index (κ2) is 11.1. The Hall–Kier alpha value is -3.19. The lowest BCUT2D eigenvalue weighted by Gasteiger charge is -2.37. The van der Waals surface area contributed by atoms with Crippen molar-refractivity contribution in [3.05, 3.63) is 52.7 Å². The first-order valence-corrected chi connectivity index (χ1v) is 14.0. The van der Waals surface area contributed by atoms with E-state index in [9.17, 15) is 9.65 Å². The lowest BCUT2D eigenvalue weighted by atomic mass is 10.0. The van der Waals surface area contributed by atoms with E-state index in [1.807, 2.05) is 24.1 Å². The summed E-state index contributed by atoms with van der Waals surface area (Å²) in [5.41, 5.74) is 3.15. The monoisotopic (exact) mass is 549 g/mol. The summed E-state index contributed by atoms with van der Waals surface area (Å²) in [6.07, 6.45) is 0.856. The molecule has 8 nitrogen and oxygen atoms in total. The topological polar surface area (TPSA) is 80.5 Å². The molecule has 0 unspecified atom stereocenters. The summed E-state index contributed by atoms with van der Waals surface area (Å²) in [6.45, 7) is 4.47. The van der Waals surface area contributed by atoms with Crippen LogP contribution in [0, 0.1) is 11.3 Å². The van der Waals surface area contributed by atoms with Gasteiger partial charge in [0.1, 0.15) is 18.6 Å². The number of alkyl halides is 1. The molecule has 3 aliphatic rings. The van der Waals surface area contributed by atoms with Crippen LogP contribution in [0.4, 0.5) is 15.9 Å². The van der Waals surface area contributed by atoms with Crippen molar-refractivity contribution in [1.29, 1.82) is 5.26 Å². The van der Waals surface area contributed by atoms with Gasteiger partial charge in [0.2, 0.25) is 0 Å². The molecule has 0 amide bonds. The lowest BCUT2D eigenvalue weighted by Crippen LogP contribution is -2.51. The smallest absolute Gasteiger partial charge is 0.318 e. The number of likely N-dealkylation sites (tertiary alicyclic amines) is 1. The highest BCUT2D eigenvalue weighted by atomic mass is 35.5. The van der Waals surface area contributed by atoms with E-state index in [1.165, 1.54) is 0 Å². The Morgan fingerprint density at radius 2 is 2.00 bits per heavy atom. The van der Waals surface area contributed by atoms with Gasteiger partial charge in [0, 0.05) is 61.4 Å². The average Bonchev–Trinajstić information content (AvgIpc) is 3.27.